The fourth-order valence-electron chi connectivity index (χ4n) is 2.41. The molecule has 1 aromatic rings. The maximum atomic E-state index is 6.31. The average Bonchev–Trinajstić information content (AvgIpc) is 2.63. The molecule has 0 amide bonds. The SMILES string of the molecule is Cc1nc(CC(N)C2=CCCCCCC2)cs1. The molecule has 1 aliphatic carbocycles. The molecule has 1 heterocycles. The van der Waals surface area contributed by atoms with Crippen LogP contribution in [-0.2, 0) is 6.42 Å². The number of aromatic nitrogens is 1. The molecule has 3 heteroatoms. The van der Waals surface area contributed by atoms with E-state index in [4.69, 9.17) is 5.73 Å². The van der Waals surface area contributed by atoms with Crippen LogP contribution in [0.4, 0.5) is 0 Å². The van der Waals surface area contributed by atoms with E-state index < -0.39 is 0 Å². The van der Waals surface area contributed by atoms with E-state index in [1.54, 1.807) is 11.3 Å². The number of hydrogen-bond donors (Lipinski definition) is 1. The van der Waals surface area contributed by atoms with E-state index in [9.17, 15) is 0 Å². The minimum atomic E-state index is 0.176. The van der Waals surface area contributed by atoms with E-state index in [1.165, 1.54) is 44.1 Å². The van der Waals surface area contributed by atoms with E-state index in [-0.39, 0.29) is 6.04 Å². The van der Waals surface area contributed by atoms with Crippen molar-refractivity contribution in [3.8, 4) is 0 Å². The van der Waals surface area contributed by atoms with Gasteiger partial charge in [-0.15, -0.1) is 11.3 Å². The third kappa shape index (κ3) is 3.93. The molecule has 0 spiro atoms. The average molecular weight is 250 g/mol. The van der Waals surface area contributed by atoms with Gasteiger partial charge in [0.2, 0.25) is 0 Å². The van der Waals surface area contributed by atoms with Crippen molar-refractivity contribution < 1.29 is 0 Å². The minimum Gasteiger partial charge on any atom is -0.324 e. The summed E-state index contributed by atoms with van der Waals surface area (Å²) in [5, 5.41) is 3.28. The van der Waals surface area contributed by atoms with Crippen LogP contribution in [0.15, 0.2) is 17.0 Å². The highest BCUT2D eigenvalue weighted by atomic mass is 32.1. The monoisotopic (exact) mass is 250 g/mol. The van der Waals surface area contributed by atoms with Crippen LogP contribution >= 0.6 is 11.3 Å². The first-order valence-electron chi connectivity index (χ1n) is 6.61. The lowest BCUT2D eigenvalue weighted by atomic mass is 9.93. The smallest absolute Gasteiger partial charge is 0.0897 e. The standard InChI is InChI=1S/C14H22N2S/c1-11-16-13(10-17-11)9-14(15)12-7-5-3-2-4-6-8-12/h7,10,14H,2-6,8-9,15H2,1H3. The summed E-state index contributed by atoms with van der Waals surface area (Å²) >= 11 is 1.71. The number of hydrogen-bond acceptors (Lipinski definition) is 3. The summed E-state index contributed by atoms with van der Waals surface area (Å²) in [4.78, 5) is 4.50. The highest BCUT2D eigenvalue weighted by Crippen LogP contribution is 2.21. The zero-order chi connectivity index (χ0) is 12.1. The number of nitrogens with zero attached hydrogens (tertiary/aromatic N) is 1. The molecular weight excluding hydrogens is 228 g/mol. The molecule has 0 saturated carbocycles. The quantitative estimate of drug-likeness (QED) is 0.832. The summed E-state index contributed by atoms with van der Waals surface area (Å²) in [6.07, 6.45) is 11.0. The van der Waals surface area contributed by atoms with Crippen molar-refractivity contribution >= 4 is 11.3 Å². The molecule has 1 unspecified atom stereocenters. The first kappa shape index (κ1) is 12.8. The number of thiazole rings is 1. The van der Waals surface area contributed by atoms with Gasteiger partial charge in [-0.3, -0.25) is 0 Å². The summed E-state index contributed by atoms with van der Waals surface area (Å²) in [6.45, 7) is 2.05. The molecule has 2 N–H and O–H groups in total. The highest BCUT2D eigenvalue weighted by molar-refractivity contribution is 7.09. The van der Waals surface area contributed by atoms with Crippen LogP contribution in [-0.4, -0.2) is 11.0 Å². The zero-order valence-electron chi connectivity index (χ0n) is 10.6. The van der Waals surface area contributed by atoms with Crippen molar-refractivity contribution in [2.45, 2.75) is 57.9 Å². The van der Waals surface area contributed by atoms with Gasteiger partial charge < -0.3 is 5.73 Å². The second-order valence-corrected chi connectivity index (χ2v) is 5.96. The predicted molar refractivity (Wildman–Crippen MR) is 74.3 cm³/mol. The van der Waals surface area contributed by atoms with Crippen molar-refractivity contribution in [2.75, 3.05) is 0 Å². The first-order chi connectivity index (χ1) is 8.25. The van der Waals surface area contributed by atoms with Gasteiger partial charge in [0.05, 0.1) is 10.7 Å². The Balaban J connectivity index is 1.95. The minimum absolute atomic E-state index is 0.176. The van der Waals surface area contributed by atoms with Crippen molar-refractivity contribution in [1.82, 2.24) is 4.98 Å². The maximum Gasteiger partial charge on any atom is 0.0897 e. The summed E-state index contributed by atoms with van der Waals surface area (Å²) in [5.41, 5.74) is 8.92. The zero-order valence-corrected chi connectivity index (χ0v) is 11.4. The van der Waals surface area contributed by atoms with Crippen molar-refractivity contribution in [3.63, 3.8) is 0 Å². The van der Waals surface area contributed by atoms with Crippen LogP contribution in [0.2, 0.25) is 0 Å². The topological polar surface area (TPSA) is 38.9 Å². The van der Waals surface area contributed by atoms with E-state index in [2.05, 4.69) is 23.4 Å². The Morgan fingerprint density at radius 3 is 2.94 bits per heavy atom. The molecule has 1 atom stereocenters. The molecule has 2 nitrogen and oxygen atoms in total. The normalized spacial score (nSPS) is 19.3. The predicted octanol–water partition coefficient (Wildman–Crippen LogP) is 3.60. The van der Waals surface area contributed by atoms with Gasteiger partial charge in [0.25, 0.3) is 0 Å². The Kier molecular flexibility index (Phi) is 4.75. The third-order valence-electron chi connectivity index (χ3n) is 3.40. The highest BCUT2D eigenvalue weighted by Gasteiger charge is 2.12. The maximum absolute atomic E-state index is 6.31. The van der Waals surface area contributed by atoms with Gasteiger partial charge in [-0.2, -0.15) is 0 Å². The lowest BCUT2D eigenvalue weighted by molar-refractivity contribution is 0.593. The van der Waals surface area contributed by atoms with Crippen LogP contribution in [0.5, 0.6) is 0 Å². The molecule has 2 rings (SSSR count). The Bertz CT molecular complexity index is 381. The second kappa shape index (κ2) is 6.31. The molecule has 0 fully saturated rings. The largest absolute Gasteiger partial charge is 0.324 e. The third-order valence-corrected chi connectivity index (χ3v) is 4.22. The summed E-state index contributed by atoms with van der Waals surface area (Å²) in [5.74, 6) is 0. The Morgan fingerprint density at radius 1 is 1.35 bits per heavy atom. The van der Waals surface area contributed by atoms with Crippen molar-refractivity contribution in [1.29, 1.82) is 0 Å². The fourth-order valence-corrected chi connectivity index (χ4v) is 3.04. The van der Waals surface area contributed by atoms with Crippen LogP contribution < -0.4 is 5.73 Å². The molecule has 0 radical (unpaired) electrons. The Labute approximate surface area is 108 Å². The van der Waals surface area contributed by atoms with Gasteiger partial charge in [-0.05, 0) is 32.6 Å². The number of aryl methyl sites for hydroxylation is 1. The second-order valence-electron chi connectivity index (χ2n) is 4.90. The molecule has 0 aromatic carbocycles. The van der Waals surface area contributed by atoms with Gasteiger partial charge in [0.15, 0.2) is 0 Å². The number of allylic oxidation sites excluding steroid dienone is 1. The molecule has 94 valence electrons. The van der Waals surface area contributed by atoms with E-state index >= 15 is 0 Å². The summed E-state index contributed by atoms with van der Waals surface area (Å²) in [6, 6.07) is 0.176. The summed E-state index contributed by atoms with van der Waals surface area (Å²) in [7, 11) is 0. The van der Waals surface area contributed by atoms with Crippen LogP contribution in [0.3, 0.4) is 0 Å². The number of nitrogens with two attached hydrogens (primary N) is 1. The lowest BCUT2D eigenvalue weighted by Gasteiger charge is -2.17. The van der Waals surface area contributed by atoms with Gasteiger partial charge in [0.1, 0.15) is 0 Å². The lowest BCUT2D eigenvalue weighted by Crippen LogP contribution is -2.26. The summed E-state index contributed by atoms with van der Waals surface area (Å²) < 4.78 is 0. The molecule has 0 bridgehead atoms. The van der Waals surface area contributed by atoms with Crippen LogP contribution in [0.25, 0.3) is 0 Å². The van der Waals surface area contributed by atoms with Gasteiger partial charge >= 0.3 is 0 Å². The molecule has 0 saturated heterocycles. The van der Waals surface area contributed by atoms with Crippen molar-refractivity contribution in [3.05, 3.63) is 27.7 Å². The Hall–Kier alpha value is -0.670. The molecule has 17 heavy (non-hydrogen) atoms. The van der Waals surface area contributed by atoms with Gasteiger partial charge in [0, 0.05) is 17.8 Å². The molecule has 1 aromatic heterocycles. The number of rotatable bonds is 3. The van der Waals surface area contributed by atoms with Gasteiger partial charge in [-0.1, -0.05) is 24.5 Å². The van der Waals surface area contributed by atoms with E-state index in [0.717, 1.165) is 17.1 Å². The van der Waals surface area contributed by atoms with Crippen LogP contribution in [0, 0.1) is 6.92 Å². The molecular formula is C14H22N2S. The molecule has 0 aliphatic heterocycles. The first-order valence-corrected chi connectivity index (χ1v) is 7.49. The fraction of sp³-hybridized carbons (Fsp3) is 0.643. The van der Waals surface area contributed by atoms with E-state index in [0.29, 0.717) is 0 Å². The van der Waals surface area contributed by atoms with Crippen molar-refractivity contribution in [2.24, 2.45) is 5.73 Å². The molecule has 1 aliphatic rings. The van der Waals surface area contributed by atoms with Crippen LogP contribution in [0.1, 0.15) is 49.2 Å². The van der Waals surface area contributed by atoms with E-state index in [1.807, 2.05) is 0 Å². The van der Waals surface area contributed by atoms with Gasteiger partial charge in [-0.25, -0.2) is 4.98 Å². The Morgan fingerprint density at radius 2 is 2.18 bits per heavy atom.